The van der Waals surface area contributed by atoms with Crippen molar-refractivity contribution in [2.75, 3.05) is 32.4 Å². The van der Waals surface area contributed by atoms with Crippen LogP contribution in [0, 0.1) is 11.6 Å². The van der Waals surface area contributed by atoms with Crippen LogP contribution in [-0.2, 0) is 33.4 Å². The first-order chi connectivity index (χ1) is 13.0. The van der Waals surface area contributed by atoms with Crippen molar-refractivity contribution in [2.45, 2.75) is 13.0 Å². The van der Waals surface area contributed by atoms with Gasteiger partial charge in [-0.15, -0.1) is 0 Å². The standard InChI is InChI=1S/C16H19F2NO8S/c1-9(27-28(4,22)23)8-26-14-12(6-5-11(17)13(14)18)19-7-10(15(20)24-2)16(21)25-3/h5-7,9,19H,8H2,1-4H3/t9-/m1/s1. The molecular formula is C16H19F2NO8S. The summed E-state index contributed by atoms with van der Waals surface area (Å²) in [6.45, 7) is 0.907. The van der Waals surface area contributed by atoms with Gasteiger partial charge < -0.3 is 19.5 Å². The van der Waals surface area contributed by atoms with Gasteiger partial charge in [0, 0.05) is 6.20 Å². The van der Waals surface area contributed by atoms with Gasteiger partial charge in [0.15, 0.2) is 17.1 Å². The quantitative estimate of drug-likeness (QED) is 0.206. The molecule has 0 unspecified atom stereocenters. The van der Waals surface area contributed by atoms with Crippen LogP contribution < -0.4 is 10.1 Å². The molecule has 0 aliphatic carbocycles. The normalized spacial score (nSPS) is 11.9. The van der Waals surface area contributed by atoms with Crippen LogP contribution in [0.4, 0.5) is 14.5 Å². The van der Waals surface area contributed by atoms with Crippen molar-refractivity contribution in [3.05, 3.63) is 35.5 Å². The molecule has 0 spiro atoms. The average molecular weight is 423 g/mol. The molecule has 0 bridgehead atoms. The van der Waals surface area contributed by atoms with E-state index in [0.29, 0.717) is 0 Å². The average Bonchev–Trinajstić information content (AvgIpc) is 2.61. The topological polar surface area (TPSA) is 117 Å². The molecule has 12 heteroatoms. The Morgan fingerprint density at radius 3 is 2.25 bits per heavy atom. The molecule has 9 nitrogen and oxygen atoms in total. The molecule has 0 aromatic heterocycles. The number of carbonyl (C=O) groups is 2. The number of carbonyl (C=O) groups excluding carboxylic acids is 2. The lowest BCUT2D eigenvalue weighted by molar-refractivity contribution is -0.144. The summed E-state index contributed by atoms with van der Waals surface area (Å²) in [4.78, 5) is 23.2. The highest BCUT2D eigenvalue weighted by Gasteiger charge is 2.21. The van der Waals surface area contributed by atoms with E-state index in [-0.39, 0.29) is 5.69 Å². The number of methoxy groups -OCH3 is 2. The van der Waals surface area contributed by atoms with E-state index >= 15 is 0 Å². The number of anilines is 1. The minimum Gasteiger partial charge on any atom is -0.485 e. The maximum absolute atomic E-state index is 14.1. The molecule has 1 atom stereocenters. The van der Waals surface area contributed by atoms with Crippen LogP contribution in [-0.4, -0.2) is 53.5 Å². The van der Waals surface area contributed by atoms with E-state index in [2.05, 4.69) is 19.0 Å². The first-order valence-electron chi connectivity index (χ1n) is 7.62. The number of rotatable bonds is 9. The Labute approximate surface area is 160 Å². The smallest absolute Gasteiger partial charge is 0.346 e. The second-order valence-corrected chi connectivity index (χ2v) is 6.95. The van der Waals surface area contributed by atoms with Crippen LogP contribution >= 0.6 is 0 Å². The highest BCUT2D eigenvalue weighted by molar-refractivity contribution is 7.86. The van der Waals surface area contributed by atoms with Crippen LogP contribution in [0.1, 0.15) is 6.92 Å². The molecule has 156 valence electrons. The summed E-state index contributed by atoms with van der Waals surface area (Å²) >= 11 is 0. The van der Waals surface area contributed by atoms with E-state index in [0.717, 1.165) is 38.8 Å². The summed E-state index contributed by atoms with van der Waals surface area (Å²) in [6, 6.07) is 1.86. The third-order valence-corrected chi connectivity index (χ3v) is 3.71. The Morgan fingerprint density at radius 1 is 1.18 bits per heavy atom. The fourth-order valence-corrected chi connectivity index (χ4v) is 2.54. The fraction of sp³-hybridized carbons (Fsp3) is 0.375. The molecule has 28 heavy (non-hydrogen) atoms. The van der Waals surface area contributed by atoms with E-state index in [1.807, 2.05) is 0 Å². The summed E-state index contributed by atoms with van der Waals surface area (Å²) in [5.74, 6) is -5.28. The van der Waals surface area contributed by atoms with Crippen molar-refractivity contribution < 1.29 is 45.2 Å². The number of nitrogens with one attached hydrogen (secondary N) is 1. The third-order valence-electron chi connectivity index (χ3n) is 3.03. The zero-order chi connectivity index (χ0) is 21.5. The van der Waals surface area contributed by atoms with Crippen molar-refractivity contribution in [3.8, 4) is 5.75 Å². The van der Waals surface area contributed by atoms with Gasteiger partial charge in [-0.1, -0.05) is 0 Å². The van der Waals surface area contributed by atoms with E-state index < -0.39 is 57.7 Å². The van der Waals surface area contributed by atoms with Gasteiger partial charge in [-0.3, -0.25) is 4.18 Å². The van der Waals surface area contributed by atoms with Gasteiger partial charge in [-0.2, -0.15) is 12.8 Å². The first kappa shape index (κ1) is 23.3. The Hall–Kier alpha value is -2.73. The lowest BCUT2D eigenvalue weighted by atomic mass is 10.2. The van der Waals surface area contributed by atoms with Gasteiger partial charge in [0.05, 0.1) is 26.2 Å². The highest BCUT2D eigenvalue weighted by atomic mass is 32.2. The Bertz CT molecular complexity index is 852. The maximum atomic E-state index is 14.1. The zero-order valence-corrected chi connectivity index (χ0v) is 16.3. The van der Waals surface area contributed by atoms with Gasteiger partial charge in [-0.25, -0.2) is 14.0 Å². The molecule has 0 saturated carbocycles. The monoisotopic (exact) mass is 423 g/mol. The molecule has 0 amide bonds. The molecule has 0 fully saturated rings. The largest absolute Gasteiger partial charge is 0.485 e. The molecule has 1 rings (SSSR count). The second kappa shape index (κ2) is 9.99. The summed E-state index contributed by atoms with van der Waals surface area (Å²) in [6.07, 6.45) is 0.695. The highest BCUT2D eigenvalue weighted by Crippen LogP contribution is 2.30. The summed E-state index contributed by atoms with van der Waals surface area (Å²) in [7, 11) is -1.71. The lowest BCUT2D eigenvalue weighted by Gasteiger charge is -2.16. The zero-order valence-electron chi connectivity index (χ0n) is 15.4. The van der Waals surface area contributed by atoms with Crippen molar-refractivity contribution in [2.24, 2.45) is 0 Å². The van der Waals surface area contributed by atoms with E-state index in [1.165, 1.54) is 6.92 Å². The fourth-order valence-electron chi connectivity index (χ4n) is 1.88. The number of hydrogen-bond acceptors (Lipinski definition) is 9. The van der Waals surface area contributed by atoms with Crippen molar-refractivity contribution >= 4 is 27.7 Å². The molecule has 1 aromatic carbocycles. The molecule has 1 aromatic rings. The molecule has 0 aliphatic heterocycles. The molecule has 0 aliphatic rings. The third kappa shape index (κ3) is 6.78. The Morgan fingerprint density at radius 2 is 1.75 bits per heavy atom. The molecule has 1 N–H and O–H groups in total. The van der Waals surface area contributed by atoms with Crippen molar-refractivity contribution in [1.29, 1.82) is 0 Å². The van der Waals surface area contributed by atoms with Gasteiger partial charge in [0.2, 0.25) is 5.82 Å². The predicted octanol–water partition coefficient (Wildman–Crippen LogP) is 1.35. The summed E-state index contributed by atoms with van der Waals surface area (Å²) in [5.41, 5.74) is -0.703. The minimum atomic E-state index is -3.78. The van der Waals surface area contributed by atoms with Gasteiger partial charge in [0.1, 0.15) is 12.7 Å². The lowest BCUT2D eigenvalue weighted by Crippen LogP contribution is -2.22. The number of ether oxygens (including phenoxy) is 3. The summed E-state index contributed by atoms with van der Waals surface area (Å²) in [5, 5.41) is 2.43. The van der Waals surface area contributed by atoms with Gasteiger partial charge in [0.25, 0.3) is 10.1 Å². The van der Waals surface area contributed by atoms with E-state index in [9.17, 15) is 26.8 Å². The molecule has 0 saturated heterocycles. The van der Waals surface area contributed by atoms with E-state index in [4.69, 9.17) is 4.74 Å². The first-order valence-corrected chi connectivity index (χ1v) is 9.44. The van der Waals surface area contributed by atoms with Crippen molar-refractivity contribution in [1.82, 2.24) is 0 Å². The van der Waals surface area contributed by atoms with Crippen LogP contribution in [0.5, 0.6) is 5.75 Å². The Balaban J connectivity index is 3.13. The molecular weight excluding hydrogens is 404 g/mol. The molecule has 0 radical (unpaired) electrons. The van der Waals surface area contributed by atoms with Crippen LogP contribution in [0.3, 0.4) is 0 Å². The van der Waals surface area contributed by atoms with Crippen LogP contribution in [0.25, 0.3) is 0 Å². The van der Waals surface area contributed by atoms with Crippen LogP contribution in [0.2, 0.25) is 0 Å². The Kier molecular flexibility index (Phi) is 8.32. The minimum absolute atomic E-state index is 0.157. The summed E-state index contributed by atoms with van der Waals surface area (Å²) < 4.78 is 68.5. The van der Waals surface area contributed by atoms with Crippen molar-refractivity contribution in [3.63, 3.8) is 0 Å². The van der Waals surface area contributed by atoms with Gasteiger partial charge in [-0.05, 0) is 19.1 Å². The molecule has 0 heterocycles. The second-order valence-electron chi connectivity index (χ2n) is 5.35. The van der Waals surface area contributed by atoms with Crippen LogP contribution in [0.15, 0.2) is 23.9 Å². The number of esters is 2. The van der Waals surface area contributed by atoms with E-state index in [1.54, 1.807) is 0 Å². The number of halogens is 2. The number of hydrogen-bond donors (Lipinski definition) is 1. The maximum Gasteiger partial charge on any atom is 0.346 e. The SMILES string of the molecule is COC(=O)C(=CNc1ccc(F)c(F)c1OC[C@@H](C)OS(C)(=O)=O)C(=O)OC. The number of benzene rings is 1. The van der Waals surface area contributed by atoms with Gasteiger partial charge >= 0.3 is 11.9 Å². The predicted molar refractivity (Wildman–Crippen MR) is 93.0 cm³/mol.